The Morgan fingerprint density at radius 1 is 1.26 bits per heavy atom. The molecular formula is C16H21N3O4. The molecule has 4 amide bonds. The van der Waals surface area contributed by atoms with Crippen molar-refractivity contribution in [1.29, 1.82) is 0 Å². The quantitative estimate of drug-likeness (QED) is 0.735. The highest BCUT2D eigenvalue weighted by molar-refractivity contribution is 6.04. The average Bonchev–Trinajstić information content (AvgIpc) is 2.88. The molecule has 23 heavy (non-hydrogen) atoms. The van der Waals surface area contributed by atoms with Gasteiger partial charge in [0.05, 0.1) is 7.11 Å². The molecule has 7 nitrogen and oxygen atoms in total. The van der Waals surface area contributed by atoms with Gasteiger partial charge in [0, 0.05) is 19.5 Å². The van der Waals surface area contributed by atoms with Gasteiger partial charge in [-0.15, -0.1) is 0 Å². The van der Waals surface area contributed by atoms with Gasteiger partial charge in [-0.05, 0) is 31.0 Å². The first kappa shape index (κ1) is 16.8. The first-order valence-electron chi connectivity index (χ1n) is 7.55. The van der Waals surface area contributed by atoms with Crippen molar-refractivity contribution in [3.63, 3.8) is 0 Å². The van der Waals surface area contributed by atoms with E-state index in [0.717, 1.165) is 11.3 Å². The number of urea groups is 1. The van der Waals surface area contributed by atoms with Crippen LogP contribution < -0.4 is 15.4 Å². The van der Waals surface area contributed by atoms with Gasteiger partial charge in [0.2, 0.25) is 5.91 Å². The van der Waals surface area contributed by atoms with Crippen LogP contribution in [0.4, 0.5) is 4.79 Å². The summed E-state index contributed by atoms with van der Waals surface area (Å²) in [5, 5.41) is 4.65. The van der Waals surface area contributed by atoms with Crippen molar-refractivity contribution in [2.24, 2.45) is 0 Å². The van der Waals surface area contributed by atoms with Crippen LogP contribution in [-0.4, -0.2) is 42.4 Å². The number of nitrogens with one attached hydrogen (secondary N) is 2. The molecule has 0 aliphatic carbocycles. The molecule has 1 saturated heterocycles. The molecule has 1 aromatic carbocycles. The number of hydrogen-bond acceptors (Lipinski definition) is 4. The van der Waals surface area contributed by atoms with Gasteiger partial charge in [-0.3, -0.25) is 14.9 Å². The van der Waals surface area contributed by atoms with E-state index in [2.05, 4.69) is 10.6 Å². The molecule has 1 aliphatic heterocycles. The molecule has 1 fully saturated rings. The molecule has 2 N–H and O–H groups in total. The average molecular weight is 319 g/mol. The molecule has 0 aromatic heterocycles. The molecule has 1 atom stereocenters. The van der Waals surface area contributed by atoms with Gasteiger partial charge < -0.3 is 15.0 Å². The second kappa shape index (κ2) is 7.62. The van der Waals surface area contributed by atoms with Crippen LogP contribution in [0.5, 0.6) is 5.75 Å². The Balaban J connectivity index is 1.87. The number of carbonyl (C=O) groups excluding carboxylic acids is 3. The summed E-state index contributed by atoms with van der Waals surface area (Å²) in [6, 6.07) is 6.42. The molecule has 0 saturated carbocycles. The molecule has 0 radical (unpaired) electrons. The molecule has 2 rings (SSSR count). The van der Waals surface area contributed by atoms with Crippen LogP contribution in [0.3, 0.4) is 0 Å². The van der Waals surface area contributed by atoms with Crippen LogP contribution in [0.1, 0.15) is 25.3 Å². The first-order valence-corrected chi connectivity index (χ1v) is 7.55. The van der Waals surface area contributed by atoms with E-state index in [0.29, 0.717) is 19.5 Å². The lowest BCUT2D eigenvalue weighted by Gasteiger charge is -2.21. The summed E-state index contributed by atoms with van der Waals surface area (Å²) in [4.78, 5) is 36.5. The Bertz CT molecular complexity index is 585. The summed E-state index contributed by atoms with van der Waals surface area (Å²) in [5.74, 6) is 0.351. The van der Waals surface area contributed by atoms with Crippen molar-refractivity contribution in [1.82, 2.24) is 15.5 Å². The SMILES string of the molecule is CCN(Cc1ccc(OC)cc1)C(=O)CC[C@@H]1NC(=O)NC1=O. The second-order valence-corrected chi connectivity index (χ2v) is 5.31. The van der Waals surface area contributed by atoms with E-state index in [1.165, 1.54) is 0 Å². The molecule has 1 heterocycles. The number of amides is 4. The minimum absolute atomic E-state index is 0.0442. The van der Waals surface area contributed by atoms with Gasteiger partial charge in [-0.2, -0.15) is 0 Å². The third-order valence-corrected chi connectivity index (χ3v) is 3.77. The van der Waals surface area contributed by atoms with Crippen LogP contribution >= 0.6 is 0 Å². The number of nitrogens with zero attached hydrogens (tertiary/aromatic N) is 1. The monoisotopic (exact) mass is 319 g/mol. The highest BCUT2D eigenvalue weighted by atomic mass is 16.5. The number of ether oxygens (including phenoxy) is 1. The molecule has 1 aliphatic rings. The zero-order valence-corrected chi connectivity index (χ0v) is 13.3. The summed E-state index contributed by atoms with van der Waals surface area (Å²) in [6.07, 6.45) is 0.512. The van der Waals surface area contributed by atoms with E-state index in [4.69, 9.17) is 4.74 Å². The number of carbonyl (C=O) groups is 3. The highest BCUT2D eigenvalue weighted by Crippen LogP contribution is 2.14. The van der Waals surface area contributed by atoms with Crippen LogP contribution in [-0.2, 0) is 16.1 Å². The highest BCUT2D eigenvalue weighted by Gasteiger charge is 2.29. The number of hydrogen-bond donors (Lipinski definition) is 2. The zero-order valence-electron chi connectivity index (χ0n) is 13.3. The van der Waals surface area contributed by atoms with Gasteiger partial charge in [0.25, 0.3) is 5.91 Å². The lowest BCUT2D eigenvalue weighted by molar-refractivity contribution is -0.131. The molecule has 124 valence electrons. The van der Waals surface area contributed by atoms with E-state index in [1.54, 1.807) is 12.0 Å². The fraction of sp³-hybridized carbons (Fsp3) is 0.438. The Morgan fingerprint density at radius 3 is 2.48 bits per heavy atom. The van der Waals surface area contributed by atoms with Crippen molar-refractivity contribution in [3.05, 3.63) is 29.8 Å². The Kier molecular flexibility index (Phi) is 5.56. The Morgan fingerprint density at radius 2 is 1.96 bits per heavy atom. The van der Waals surface area contributed by atoms with Crippen LogP contribution in [0.15, 0.2) is 24.3 Å². The summed E-state index contributed by atoms with van der Waals surface area (Å²) < 4.78 is 5.11. The Hall–Kier alpha value is -2.57. The van der Waals surface area contributed by atoms with Crippen molar-refractivity contribution >= 4 is 17.8 Å². The van der Waals surface area contributed by atoms with E-state index < -0.39 is 12.1 Å². The van der Waals surface area contributed by atoms with Gasteiger partial charge in [-0.25, -0.2) is 4.79 Å². The van der Waals surface area contributed by atoms with Crippen molar-refractivity contribution in [2.75, 3.05) is 13.7 Å². The summed E-state index contributed by atoms with van der Waals surface area (Å²) in [7, 11) is 1.61. The van der Waals surface area contributed by atoms with Gasteiger partial charge >= 0.3 is 6.03 Å². The fourth-order valence-electron chi connectivity index (χ4n) is 2.42. The van der Waals surface area contributed by atoms with E-state index in [-0.39, 0.29) is 18.2 Å². The van der Waals surface area contributed by atoms with Gasteiger partial charge in [0.15, 0.2) is 0 Å². The minimum Gasteiger partial charge on any atom is -0.497 e. The summed E-state index contributed by atoms with van der Waals surface area (Å²) >= 11 is 0. The largest absolute Gasteiger partial charge is 0.497 e. The number of rotatable bonds is 7. The normalized spacial score (nSPS) is 16.7. The fourth-order valence-corrected chi connectivity index (χ4v) is 2.42. The number of methoxy groups -OCH3 is 1. The second-order valence-electron chi connectivity index (χ2n) is 5.31. The van der Waals surface area contributed by atoms with Crippen molar-refractivity contribution in [2.45, 2.75) is 32.4 Å². The summed E-state index contributed by atoms with van der Waals surface area (Å²) in [6.45, 7) is 2.99. The summed E-state index contributed by atoms with van der Waals surface area (Å²) in [5.41, 5.74) is 1.01. The maximum absolute atomic E-state index is 12.3. The third kappa shape index (κ3) is 4.45. The molecule has 7 heteroatoms. The topological polar surface area (TPSA) is 87.7 Å². The third-order valence-electron chi connectivity index (χ3n) is 3.77. The van der Waals surface area contributed by atoms with Gasteiger partial charge in [0.1, 0.15) is 11.8 Å². The zero-order chi connectivity index (χ0) is 16.8. The standard InChI is InChI=1S/C16H21N3O4/c1-3-19(10-11-4-6-12(23-2)7-5-11)14(20)9-8-13-15(21)18-16(22)17-13/h4-7,13H,3,8-10H2,1-2H3,(H2,17,18,21,22)/t13-/m0/s1. The molecular weight excluding hydrogens is 298 g/mol. The predicted molar refractivity (Wildman–Crippen MR) is 83.8 cm³/mol. The minimum atomic E-state index is -0.619. The molecule has 1 aromatic rings. The lowest BCUT2D eigenvalue weighted by atomic mass is 10.1. The number of imide groups is 1. The van der Waals surface area contributed by atoms with E-state index >= 15 is 0 Å². The molecule has 0 bridgehead atoms. The maximum Gasteiger partial charge on any atom is 0.322 e. The first-order chi connectivity index (χ1) is 11.0. The van der Waals surface area contributed by atoms with Gasteiger partial charge in [-0.1, -0.05) is 12.1 Å². The Labute approximate surface area is 135 Å². The van der Waals surface area contributed by atoms with Crippen LogP contribution in [0, 0.1) is 0 Å². The van der Waals surface area contributed by atoms with E-state index in [9.17, 15) is 14.4 Å². The van der Waals surface area contributed by atoms with Crippen LogP contribution in [0.2, 0.25) is 0 Å². The smallest absolute Gasteiger partial charge is 0.322 e. The molecule has 0 spiro atoms. The maximum atomic E-state index is 12.3. The lowest BCUT2D eigenvalue weighted by Crippen LogP contribution is -2.34. The van der Waals surface area contributed by atoms with Crippen molar-refractivity contribution in [3.8, 4) is 5.75 Å². The number of benzene rings is 1. The van der Waals surface area contributed by atoms with Crippen LogP contribution in [0.25, 0.3) is 0 Å². The van der Waals surface area contributed by atoms with Crippen molar-refractivity contribution < 1.29 is 19.1 Å². The molecule has 0 unspecified atom stereocenters. The van der Waals surface area contributed by atoms with E-state index in [1.807, 2.05) is 31.2 Å². The predicted octanol–water partition coefficient (Wildman–Crippen LogP) is 1.03.